The minimum absolute atomic E-state index is 0.254. The number of carbonyl (C=O) groups excluding carboxylic acids is 1. The quantitative estimate of drug-likeness (QED) is 0.206. The van der Waals surface area contributed by atoms with Crippen molar-refractivity contribution in [2.75, 3.05) is 17.2 Å². The maximum absolute atomic E-state index is 12.4. The topological polar surface area (TPSA) is 160 Å². The second-order valence-corrected chi connectivity index (χ2v) is 6.64. The molecule has 0 aliphatic carbocycles. The van der Waals surface area contributed by atoms with Crippen LogP contribution >= 0.6 is 0 Å². The molecule has 0 saturated carbocycles. The van der Waals surface area contributed by atoms with E-state index in [4.69, 9.17) is 26.7 Å². The van der Waals surface area contributed by atoms with Crippen molar-refractivity contribution in [3.8, 4) is 0 Å². The van der Waals surface area contributed by atoms with Crippen molar-refractivity contribution in [2.45, 2.75) is 13.8 Å². The van der Waals surface area contributed by atoms with Gasteiger partial charge < -0.3 is 26.5 Å². The van der Waals surface area contributed by atoms with Crippen molar-refractivity contribution >= 4 is 47.2 Å². The smallest absolute Gasteiger partial charge is 0.293 e. The molecule has 1 amide bonds. The molecule has 9 nitrogen and oxygen atoms in total. The Morgan fingerprint density at radius 3 is 2.42 bits per heavy atom. The summed E-state index contributed by atoms with van der Waals surface area (Å²) in [6.07, 6.45) is 5.68. The molecular formula is C24H27N7O2. The van der Waals surface area contributed by atoms with E-state index >= 15 is 0 Å². The maximum atomic E-state index is 12.4. The van der Waals surface area contributed by atoms with E-state index in [2.05, 4.69) is 15.6 Å². The first-order valence-electron chi connectivity index (χ1n) is 10.1. The van der Waals surface area contributed by atoms with Gasteiger partial charge in [-0.2, -0.15) is 0 Å². The van der Waals surface area contributed by atoms with Gasteiger partial charge in [0, 0.05) is 47.7 Å². The summed E-state index contributed by atoms with van der Waals surface area (Å²) in [5.41, 5.74) is 8.70. The molecule has 0 spiro atoms. The molecule has 2 aromatic rings. The van der Waals surface area contributed by atoms with Crippen molar-refractivity contribution in [3.05, 3.63) is 77.5 Å². The molecule has 0 heterocycles. The van der Waals surface area contributed by atoms with E-state index in [1.807, 2.05) is 6.92 Å². The third-order valence-electron chi connectivity index (χ3n) is 4.38. The van der Waals surface area contributed by atoms with Crippen molar-refractivity contribution in [1.29, 1.82) is 16.2 Å². The molecule has 2 rings (SSSR count). The Hall–Kier alpha value is -4.53. The summed E-state index contributed by atoms with van der Waals surface area (Å²) < 4.78 is 5.28. The van der Waals surface area contributed by atoms with Gasteiger partial charge in [0.05, 0.1) is 5.57 Å². The van der Waals surface area contributed by atoms with Gasteiger partial charge in [-0.15, -0.1) is 0 Å². The number of anilines is 2. The number of rotatable bonds is 8. The number of nitrogens with two attached hydrogens (primary N) is 1. The standard InChI is InChI=1S/C24H27N7O2/c1-3-16(15-29-4-2)23(32)30-21-7-5-6-18(12-21)22(27)33-24(28)31-20-10-8-17(9-11-20)19(13-25)14-26/h3,5-15,25,27H,4,26H2,1-2H3,(H2,28,31)(H,30,32)/b16-3+,19-14+,25-13?,27-22?,29-15-. The third-order valence-corrected chi connectivity index (χ3v) is 4.38. The number of hydrogen-bond acceptors (Lipinski definition) is 7. The summed E-state index contributed by atoms with van der Waals surface area (Å²) in [4.78, 5) is 16.5. The Balaban J connectivity index is 2.01. The third kappa shape index (κ3) is 7.28. The minimum Gasteiger partial charge on any atom is -0.407 e. The zero-order valence-corrected chi connectivity index (χ0v) is 18.5. The monoisotopic (exact) mass is 445 g/mol. The SMILES string of the molecule is C/C=C(\C=N/CC)C(=O)Nc1cccc(C(=N)OC(=N)Nc2ccc(/C(C=N)=C/N)cc2)c1. The number of amides is 1. The number of allylic oxidation sites excluding steroid dienone is 2. The number of nitrogens with one attached hydrogen (secondary N) is 5. The fourth-order valence-corrected chi connectivity index (χ4v) is 2.69. The molecular weight excluding hydrogens is 418 g/mol. The lowest BCUT2D eigenvalue weighted by Gasteiger charge is -2.12. The number of amidine groups is 1. The van der Waals surface area contributed by atoms with Gasteiger partial charge in [-0.3, -0.25) is 20.6 Å². The number of ether oxygens (including phenoxy) is 1. The zero-order valence-electron chi connectivity index (χ0n) is 18.5. The number of benzene rings is 2. The van der Waals surface area contributed by atoms with Gasteiger partial charge in [0.25, 0.3) is 11.9 Å². The van der Waals surface area contributed by atoms with Crippen LogP contribution in [0.3, 0.4) is 0 Å². The van der Waals surface area contributed by atoms with Crippen LogP contribution in [0.1, 0.15) is 25.0 Å². The van der Waals surface area contributed by atoms with Gasteiger partial charge in [0.15, 0.2) is 0 Å². The van der Waals surface area contributed by atoms with E-state index in [1.54, 1.807) is 61.5 Å². The molecule has 0 bridgehead atoms. The summed E-state index contributed by atoms with van der Waals surface area (Å²) in [6.45, 7) is 4.21. The maximum Gasteiger partial charge on any atom is 0.293 e. The van der Waals surface area contributed by atoms with Crippen molar-refractivity contribution in [3.63, 3.8) is 0 Å². The van der Waals surface area contributed by atoms with Crippen molar-refractivity contribution < 1.29 is 9.53 Å². The number of carbonyl (C=O) groups is 1. The van der Waals surface area contributed by atoms with Crippen LogP contribution in [0.25, 0.3) is 5.57 Å². The molecule has 0 fully saturated rings. The first-order chi connectivity index (χ1) is 15.9. The average molecular weight is 446 g/mol. The summed E-state index contributed by atoms with van der Waals surface area (Å²) in [7, 11) is 0. The Bertz CT molecular complexity index is 1120. The van der Waals surface area contributed by atoms with E-state index < -0.39 is 0 Å². The van der Waals surface area contributed by atoms with Crippen molar-refractivity contribution in [1.82, 2.24) is 0 Å². The molecule has 9 heteroatoms. The van der Waals surface area contributed by atoms with Crippen LogP contribution in [0.4, 0.5) is 11.4 Å². The van der Waals surface area contributed by atoms with Gasteiger partial charge in [0.1, 0.15) is 0 Å². The van der Waals surface area contributed by atoms with E-state index in [1.165, 1.54) is 12.4 Å². The van der Waals surface area contributed by atoms with E-state index in [9.17, 15) is 4.79 Å². The predicted octanol–water partition coefficient (Wildman–Crippen LogP) is 4.00. The molecule has 0 aliphatic heterocycles. The summed E-state index contributed by atoms with van der Waals surface area (Å²) >= 11 is 0. The Kier molecular flexibility index (Phi) is 9.26. The van der Waals surface area contributed by atoms with Gasteiger partial charge >= 0.3 is 0 Å². The molecule has 33 heavy (non-hydrogen) atoms. The molecule has 0 radical (unpaired) electrons. The van der Waals surface area contributed by atoms with Gasteiger partial charge in [0.2, 0.25) is 5.90 Å². The van der Waals surface area contributed by atoms with Crippen LogP contribution in [0.15, 0.2) is 71.4 Å². The molecule has 0 aliphatic rings. The van der Waals surface area contributed by atoms with Crippen LogP contribution in [-0.4, -0.2) is 36.8 Å². The molecule has 7 N–H and O–H groups in total. The van der Waals surface area contributed by atoms with Gasteiger partial charge in [-0.05, 0) is 49.7 Å². The Morgan fingerprint density at radius 2 is 1.82 bits per heavy atom. The van der Waals surface area contributed by atoms with Crippen LogP contribution in [0.2, 0.25) is 0 Å². The lowest BCUT2D eigenvalue weighted by Crippen LogP contribution is -2.20. The lowest BCUT2D eigenvalue weighted by atomic mass is 10.1. The van der Waals surface area contributed by atoms with E-state index in [-0.39, 0.29) is 17.8 Å². The molecule has 2 aromatic carbocycles. The number of aliphatic imine (C=N–C) groups is 1. The molecule has 0 unspecified atom stereocenters. The van der Waals surface area contributed by atoms with Crippen LogP contribution in [0.5, 0.6) is 0 Å². The predicted molar refractivity (Wildman–Crippen MR) is 135 cm³/mol. The molecule has 170 valence electrons. The summed E-state index contributed by atoms with van der Waals surface area (Å²) in [6, 6.07) is 13.2. The minimum atomic E-state index is -0.337. The zero-order chi connectivity index (χ0) is 24.2. The summed E-state index contributed by atoms with van der Waals surface area (Å²) in [5.74, 6) is -0.566. The van der Waals surface area contributed by atoms with Crippen LogP contribution < -0.4 is 16.4 Å². The molecule has 0 aromatic heterocycles. The first-order valence-corrected chi connectivity index (χ1v) is 10.1. The number of nitrogens with zero attached hydrogens (tertiary/aromatic N) is 1. The highest BCUT2D eigenvalue weighted by molar-refractivity contribution is 6.18. The average Bonchev–Trinajstić information content (AvgIpc) is 2.81. The van der Waals surface area contributed by atoms with Gasteiger partial charge in [-0.25, -0.2) is 0 Å². The Labute approximate surface area is 192 Å². The van der Waals surface area contributed by atoms with Crippen LogP contribution in [-0.2, 0) is 9.53 Å². The highest BCUT2D eigenvalue weighted by Gasteiger charge is 2.11. The van der Waals surface area contributed by atoms with Crippen LogP contribution in [0, 0.1) is 16.2 Å². The molecule has 0 saturated heterocycles. The second-order valence-electron chi connectivity index (χ2n) is 6.64. The first kappa shape index (κ1) is 24.7. The van der Waals surface area contributed by atoms with Gasteiger partial charge in [-0.1, -0.05) is 24.3 Å². The lowest BCUT2D eigenvalue weighted by molar-refractivity contribution is -0.112. The highest BCUT2D eigenvalue weighted by atomic mass is 16.5. The van der Waals surface area contributed by atoms with E-state index in [0.717, 1.165) is 11.8 Å². The second kappa shape index (κ2) is 12.4. The fourth-order valence-electron chi connectivity index (χ4n) is 2.69. The highest BCUT2D eigenvalue weighted by Crippen LogP contribution is 2.16. The Morgan fingerprint density at radius 1 is 1.09 bits per heavy atom. The summed E-state index contributed by atoms with van der Waals surface area (Å²) in [5, 5.41) is 29.0. The molecule has 0 atom stereocenters. The van der Waals surface area contributed by atoms with Crippen molar-refractivity contribution in [2.24, 2.45) is 10.7 Å². The largest absolute Gasteiger partial charge is 0.407 e. The fraction of sp³-hybridized carbons (Fsp3) is 0.125. The normalized spacial score (nSPS) is 11.7. The number of hydrogen-bond donors (Lipinski definition) is 6. The van der Waals surface area contributed by atoms with E-state index in [0.29, 0.717) is 34.6 Å².